The summed E-state index contributed by atoms with van der Waals surface area (Å²) in [6, 6.07) is 12.3. The number of aromatic nitrogens is 1. The van der Waals surface area contributed by atoms with Crippen molar-refractivity contribution in [1.29, 1.82) is 0 Å². The van der Waals surface area contributed by atoms with Gasteiger partial charge in [0.1, 0.15) is 0 Å². The molecule has 2 nitrogen and oxygen atoms in total. The highest BCUT2D eigenvalue weighted by Crippen LogP contribution is 2.24. The number of halogens is 1. The maximum atomic E-state index is 6.22. The lowest BCUT2D eigenvalue weighted by Crippen LogP contribution is -2.13. The zero-order chi connectivity index (χ0) is 14.5. The summed E-state index contributed by atoms with van der Waals surface area (Å²) in [5.74, 6) is 1.35. The van der Waals surface area contributed by atoms with Crippen LogP contribution in [0.2, 0.25) is 5.02 Å². The van der Waals surface area contributed by atoms with Crippen molar-refractivity contribution in [1.82, 2.24) is 4.98 Å². The van der Waals surface area contributed by atoms with Crippen molar-refractivity contribution in [3.63, 3.8) is 0 Å². The molecule has 0 spiro atoms. The molecule has 1 atom stereocenters. The van der Waals surface area contributed by atoms with Crippen molar-refractivity contribution in [3.05, 3.63) is 58.7 Å². The lowest BCUT2D eigenvalue weighted by atomic mass is 10.00. The van der Waals surface area contributed by atoms with E-state index in [4.69, 9.17) is 17.3 Å². The number of thioether (sulfide) groups is 1. The topological polar surface area (TPSA) is 38.9 Å². The van der Waals surface area contributed by atoms with E-state index in [1.54, 1.807) is 18.0 Å². The molecule has 1 aromatic carbocycles. The molecule has 1 heterocycles. The predicted molar refractivity (Wildman–Crippen MR) is 87.4 cm³/mol. The molecule has 0 radical (unpaired) electrons. The Morgan fingerprint density at radius 3 is 2.30 bits per heavy atom. The Kier molecular flexibility index (Phi) is 5.46. The molecule has 106 valence electrons. The molecular formula is C16H19ClN2S. The highest BCUT2D eigenvalue weighted by Gasteiger charge is 2.08. The van der Waals surface area contributed by atoms with E-state index < -0.39 is 0 Å². The Labute approximate surface area is 129 Å². The molecule has 20 heavy (non-hydrogen) atoms. The number of nitrogens with two attached hydrogens (primary N) is 1. The molecule has 2 rings (SSSR count). The summed E-state index contributed by atoms with van der Waals surface area (Å²) in [4.78, 5) is 4.26. The fraction of sp³-hybridized carbons (Fsp3) is 0.312. The van der Waals surface area contributed by atoms with Gasteiger partial charge in [0.15, 0.2) is 0 Å². The van der Waals surface area contributed by atoms with Crippen LogP contribution in [0.1, 0.15) is 36.9 Å². The summed E-state index contributed by atoms with van der Waals surface area (Å²) in [6.45, 7) is 4.38. The normalized spacial score (nSPS) is 12.7. The number of nitrogens with zero attached hydrogens (tertiary/aromatic N) is 1. The second-order valence-electron chi connectivity index (χ2n) is 5.05. The Morgan fingerprint density at radius 2 is 1.75 bits per heavy atom. The molecule has 0 amide bonds. The van der Waals surface area contributed by atoms with Gasteiger partial charge in [-0.1, -0.05) is 49.7 Å². The van der Waals surface area contributed by atoms with E-state index in [1.807, 2.05) is 12.1 Å². The molecule has 0 saturated carbocycles. The van der Waals surface area contributed by atoms with Crippen LogP contribution in [0.4, 0.5) is 0 Å². The van der Waals surface area contributed by atoms with E-state index in [0.29, 0.717) is 10.9 Å². The van der Waals surface area contributed by atoms with Crippen LogP contribution in [0.5, 0.6) is 0 Å². The average molecular weight is 307 g/mol. The van der Waals surface area contributed by atoms with Crippen LogP contribution in [-0.2, 0) is 0 Å². The van der Waals surface area contributed by atoms with Gasteiger partial charge in [-0.15, -0.1) is 11.8 Å². The molecule has 4 heteroatoms. The largest absolute Gasteiger partial charge is 0.323 e. The SMILES string of the molecule is CC(C)c1ccc(C(N)CSc2ccc(Cl)cn2)cc1. The third kappa shape index (κ3) is 4.23. The van der Waals surface area contributed by atoms with E-state index in [0.717, 1.165) is 16.3 Å². The van der Waals surface area contributed by atoms with Gasteiger partial charge in [0.25, 0.3) is 0 Å². The van der Waals surface area contributed by atoms with Crippen LogP contribution in [-0.4, -0.2) is 10.7 Å². The molecule has 2 N–H and O–H groups in total. The van der Waals surface area contributed by atoms with E-state index in [1.165, 1.54) is 5.56 Å². The van der Waals surface area contributed by atoms with Crippen LogP contribution >= 0.6 is 23.4 Å². The lowest BCUT2D eigenvalue weighted by molar-refractivity contribution is 0.821. The van der Waals surface area contributed by atoms with Gasteiger partial charge in [-0.25, -0.2) is 4.98 Å². The Bertz CT molecular complexity index is 537. The van der Waals surface area contributed by atoms with Crippen molar-refractivity contribution in [2.24, 2.45) is 5.73 Å². The zero-order valence-electron chi connectivity index (χ0n) is 11.7. The van der Waals surface area contributed by atoms with Gasteiger partial charge < -0.3 is 5.73 Å². The van der Waals surface area contributed by atoms with Crippen LogP contribution in [0.3, 0.4) is 0 Å². The average Bonchev–Trinajstić information content (AvgIpc) is 2.46. The number of hydrogen-bond donors (Lipinski definition) is 1. The molecule has 0 aliphatic carbocycles. The van der Waals surface area contributed by atoms with Gasteiger partial charge in [-0.2, -0.15) is 0 Å². The molecule has 1 aromatic heterocycles. The predicted octanol–water partition coefficient (Wildman–Crippen LogP) is 4.65. The Balaban J connectivity index is 1.94. The zero-order valence-corrected chi connectivity index (χ0v) is 13.3. The summed E-state index contributed by atoms with van der Waals surface area (Å²) in [5, 5.41) is 1.60. The molecule has 1 unspecified atom stereocenters. The minimum atomic E-state index is 0.0127. The summed E-state index contributed by atoms with van der Waals surface area (Å²) in [5.41, 5.74) is 8.73. The van der Waals surface area contributed by atoms with Gasteiger partial charge in [0.05, 0.1) is 10.0 Å². The summed E-state index contributed by atoms with van der Waals surface area (Å²) in [6.07, 6.45) is 1.66. The number of hydrogen-bond acceptors (Lipinski definition) is 3. The highest BCUT2D eigenvalue weighted by molar-refractivity contribution is 7.99. The molecule has 0 aliphatic rings. The Hall–Kier alpha value is -1.03. The third-order valence-corrected chi connectivity index (χ3v) is 4.43. The number of pyridine rings is 1. The maximum absolute atomic E-state index is 6.22. The summed E-state index contributed by atoms with van der Waals surface area (Å²) >= 11 is 7.46. The van der Waals surface area contributed by atoms with E-state index in [9.17, 15) is 0 Å². The van der Waals surface area contributed by atoms with Crippen LogP contribution < -0.4 is 5.73 Å². The number of rotatable bonds is 5. The first-order valence-corrected chi connectivity index (χ1v) is 8.02. The fourth-order valence-corrected chi connectivity index (χ4v) is 2.79. The quantitative estimate of drug-likeness (QED) is 0.817. The first-order valence-electron chi connectivity index (χ1n) is 6.66. The van der Waals surface area contributed by atoms with Crippen LogP contribution in [0.15, 0.2) is 47.6 Å². The summed E-state index contributed by atoms with van der Waals surface area (Å²) < 4.78 is 0. The Morgan fingerprint density at radius 1 is 1.10 bits per heavy atom. The van der Waals surface area contributed by atoms with E-state index in [2.05, 4.69) is 43.1 Å². The van der Waals surface area contributed by atoms with Crippen molar-refractivity contribution in [3.8, 4) is 0 Å². The van der Waals surface area contributed by atoms with Gasteiger partial charge >= 0.3 is 0 Å². The lowest BCUT2D eigenvalue weighted by Gasteiger charge is -2.13. The highest BCUT2D eigenvalue weighted by atomic mass is 35.5. The third-order valence-electron chi connectivity index (χ3n) is 3.14. The van der Waals surface area contributed by atoms with Crippen molar-refractivity contribution >= 4 is 23.4 Å². The smallest absolute Gasteiger partial charge is 0.0961 e. The fourth-order valence-electron chi connectivity index (χ4n) is 1.85. The van der Waals surface area contributed by atoms with Crippen molar-refractivity contribution < 1.29 is 0 Å². The first-order chi connectivity index (χ1) is 9.56. The molecule has 0 aliphatic heterocycles. The van der Waals surface area contributed by atoms with Gasteiger partial charge in [0.2, 0.25) is 0 Å². The molecule has 0 fully saturated rings. The minimum Gasteiger partial charge on any atom is -0.323 e. The van der Waals surface area contributed by atoms with Crippen molar-refractivity contribution in [2.45, 2.75) is 30.8 Å². The van der Waals surface area contributed by atoms with E-state index in [-0.39, 0.29) is 6.04 Å². The van der Waals surface area contributed by atoms with Crippen LogP contribution in [0.25, 0.3) is 0 Å². The minimum absolute atomic E-state index is 0.0127. The first kappa shape index (κ1) is 15.4. The molecule has 0 saturated heterocycles. The van der Waals surface area contributed by atoms with Gasteiger partial charge in [0, 0.05) is 18.0 Å². The monoisotopic (exact) mass is 306 g/mol. The summed E-state index contributed by atoms with van der Waals surface area (Å²) in [7, 11) is 0. The van der Waals surface area contributed by atoms with E-state index >= 15 is 0 Å². The second-order valence-corrected chi connectivity index (χ2v) is 6.53. The molecule has 0 bridgehead atoms. The van der Waals surface area contributed by atoms with Crippen LogP contribution in [0, 0.1) is 0 Å². The van der Waals surface area contributed by atoms with Gasteiger partial charge in [-0.05, 0) is 29.2 Å². The maximum Gasteiger partial charge on any atom is 0.0961 e. The molecular weight excluding hydrogens is 288 g/mol. The van der Waals surface area contributed by atoms with Gasteiger partial charge in [-0.3, -0.25) is 0 Å². The second kappa shape index (κ2) is 7.11. The number of benzene rings is 1. The molecule has 2 aromatic rings. The standard InChI is InChI=1S/C16H19ClN2S/c1-11(2)12-3-5-13(6-4-12)15(18)10-20-16-8-7-14(17)9-19-16/h3-9,11,15H,10,18H2,1-2H3. The van der Waals surface area contributed by atoms with Crippen molar-refractivity contribution in [2.75, 3.05) is 5.75 Å².